The van der Waals surface area contributed by atoms with Gasteiger partial charge < -0.3 is 10.5 Å². The van der Waals surface area contributed by atoms with Crippen LogP contribution in [0.25, 0.3) is 0 Å². The quantitative estimate of drug-likeness (QED) is 0.690. The van der Waals surface area contributed by atoms with Gasteiger partial charge in [-0.25, -0.2) is 9.18 Å². The molecule has 0 bridgehead atoms. The highest BCUT2D eigenvalue weighted by atomic mass is 32.2. The van der Waals surface area contributed by atoms with E-state index in [1.54, 1.807) is 12.4 Å². The summed E-state index contributed by atoms with van der Waals surface area (Å²) in [6, 6.07) is 2.48. The lowest BCUT2D eigenvalue weighted by molar-refractivity contribution is 0.0527. The molecule has 0 aliphatic carbocycles. The van der Waals surface area contributed by atoms with Crippen LogP contribution in [0.2, 0.25) is 0 Å². The lowest BCUT2D eigenvalue weighted by Crippen LogP contribution is -2.08. The van der Waals surface area contributed by atoms with Gasteiger partial charge >= 0.3 is 5.97 Å². The molecule has 0 fully saturated rings. The molecule has 5 nitrogen and oxygen atoms in total. The largest absolute Gasteiger partial charge is 0.462 e. The molecule has 2 aromatic rings. The van der Waals surface area contributed by atoms with Gasteiger partial charge in [0, 0.05) is 5.69 Å². The Balaban J connectivity index is 2.33. The van der Waals surface area contributed by atoms with Crippen LogP contribution in [0, 0.1) is 5.82 Å². The Labute approximate surface area is 117 Å². The highest BCUT2D eigenvalue weighted by molar-refractivity contribution is 8.01. The van der Waals surface area contributed by atoms with Crippen LogP contribution < -0.4 is 5.73 Å². The first-order chi connectivity index (χ1) is 9.11. The molecule has 100 valence electrons. The standard InChI is InChI=1S/C11H10FN3O2S2/c1-2-17-10(16)6-3-9(7(12)4-8(6)13)19-11-15-14-5-18-11/h3-5H,2,13H2,1H3. The van der Waals surface area contributed by atoms with Gasteiger partial charge in [-0.3, -0.25) is 0 Å². The van der Waals surface area contributed by atoms with Crippen LogP contribution >= 0.6 is 23.1 Å². The third kappa shape index (κ3) is 3.21. The van der Waals surface area contributed by atoms with Crippen molar-refractivity contribution < 1.29 is 13.9 Å². The van der Waals surface area contributed by atoms with E-state index in [0.717, 1.165) is 17.8 Å². The predicted octanol–water partition coefficient (Wildman–Crippen LogP) is 2.59. The number of rotatable bonds is 4. The summed E-state index contributed by atoms with van der Waals surface area (Å²) in [5.41, 5.74) is 7.37. The Kier molecular flexibility index (Phi) is 4.33. The summed E-state index contributed by atoms with van der Waals surface area (Å²) in [5.74, 6) is -1.08. The molecule has 0 atom stereocenters. The lowest BCUT2D eigenvalue weighted by atomic mass is 10.2. The Morgan fingerprint density at radius 2 is 2.37 bits per heavy atom. The van der Waals surface area contributed by atoms with E-state index in [0.29, 0.717) is 4.34 Å². The molecule has 0 saturated carbocycles. The number of nitrogens with two attached hydrogens (primary N) is 1. The minimum Gasteiger partial charge on any atom is -0.462 e. The molecule has 1 aromatic carbocycles. The van der Waals surface area contributed by atoms with Gasteiger partial charge in [-0.2, -0.15) is 0 Å². The average Bonchev–Trinajstić information content (AvgIpc) is 2.85. The monoisotopic (exact) mass is 299 g/mol. The van der Waals surface area contributed by atoms with Gasteiger partial charge in [0.15, 0.2) is 4.34 Å². The molecule has 0 aliphatic heterocycles. The van der Waals surface area contributed by atoms with Crippen molar-refractivity contribution in [3.05, 3.63) is 29.0 Å². The molecular formula is C11H10FN3O2S2. The molecule has 0 saturated heterocycles. The first-order valence-electron chi connectivity index (χ1n) is 5.32. The van der Waals surface area contributed by atoms with Gasteiger partial charge in [-0.05, 0) is 19.1 Å². The van der Waals surface area contributed by atoms with Crippen LogP contribution in [-0.2, 0) is 4.74 Å². The molecule has 0 aliphatic rings. The number of anilines is 1. The van der Waals surface area contributed by atoms with E-state index in [1.165, 1.54) is 17.4 Å². The number of benzene rings is 1. The van der Waals surface area contributed by atoms with Crippen LogP contribution in [-0.4, -0.2) is 22.8 Å². The van der Waals surface area contributed by atoms with E-state index in [4.69, 9.17) is 10.5 Å². The van der Waals surface area contributed by atoms with Crippen molar-refractivity contribution in [1.29, 1.82) is 0 Å². The number of nitrogen functional groups attached to an aromatic ring is 1. The van der Waals surface area contributed by atoms with Crippen LogP contribution in [0.15, 0.2) is 26.9 Å². The van der Waals surface area contributed by atoms with Crippen molar-refractivity contribution in [1.82, 2.24) is 10.2 Å². The molecule has 0 amide bonds. The zero-order valence-corrected chi connectivity index (χ0v) is 11.6. The van der Waals surface area contributed by atoms with Crippen LogP contribution in [0.5, 0.6) is 0 Å². The van der Waals surface area contributed by atoms with Crippen LogP contribution in [0.1, 0.15) is 17.3 Å². The number of hydrogen-bond donors (Lipinski definition) is 1. The zero-order valence-electron chi connectivity index (χ0n) is 9.92. The summed E-state index contributed by atoms with van der Waals surface area (Å²) in [6.45, 7) is 1.92. The highest BCUT2D eigenvalue weighted by Gasteiger charge is 2.16. The summed E-state index contributed by atoms with van der Waals surface area (Å²) >= 11 is 2.37. The fraction of sp³-hybridized carbons (Fsp3) is 0.182. The van der Waals surface area contributed by atoms with E-state index < -0.39 is 11.8 Å². The fourth-order valence-corrected chi connectivity index (χ4v) is 2.81. The summed E-state index contributed by atoms with van der Waals surface area (Å²) in [6.07, 6.45) is 0. The van der Waals surface area contributed by atoms with Gasteiger partial charge in [0.25, 0.3) is 0 Å². The predicted molar refractivity (Wildman–Crippen MR) is 70.8 cm³/mol. The molecule has 8 heteroatoms. The molecule has 1 aromatic heterocycles. The van der Waals surface area contributed by atoms with Crippen LogP contribution in [0.3, 0.4) is 0 Å². The van der Waals surface area contributed by atoms with Gasteiger partial charge in [0.2, 0.25) is 0 Å². The Bertz CT molecular complexity index is 590. The number of carbonyl (C=O) groups excluding carboxylic acids is 1. The lowest BCUT2D eigenvalue weighted by Gasteiger charge is -2.08. The van der Waals surface area contributed by atoms with Gasteiger partial charge in [0.05, 0.1) is 17.1 Å². The van der Waals surface area contributed by atoms with E-state index in [-0.39, 0.29) is 22.8 Å². The number of hydrogen-bond acceptors (Lipinski definition) is 7. The van der Waals surface area contributed by atoms with Gasteiger partial charge in [-0.1, -0.05) is 23.1 Å². The van der Waals surface area contributed by atoms with E-state index in [2.05, 4.69) is 10.2 Å². The smallest absolute Gasteiger partial charge is 0.340 e. The molecule has 0 unspecified atom stereocenters. The van der Waals surface area contributed by atoms with Gasteiger partial charge in [0.1, 0.15) is 11.3 Å². The summed E-state index contributed by atoms with van der Waals surface area (Å²) in [5, 5.41) is 7.46. The topological polar surface area (TPSA) is 78.1 Å². The second-order valence-electron chi connectivity index (χ2n) is 3.40. The molecule has 0 spiro atoms. The van der Waals surface area contributed by atoms with Crippen molar-refractivity contribution in [2.45, 2.75) is 16.2 Å². The second-order valence-corrected chi connectivity index (χ2v) is 5.52. The maximum atomic E-state index is 13.8. The number of halogens is 1. The summed E-state index contributed by atoms with van der Waals surface area (Å²) in [7, 11) is 0. The zero-order chi connectivity index (χ0) is 13.8. The van der Waals surface area contributed by atoms with Crippen molar-refractivity contribution in [2.24, 2.45) is 0 Å². The minimum atomic E-state index is -0.570. The average molecular weight is 299 g/mol. The molecule has 2 rings (SSSR count). The Morgan fingerprint density at radius 3 is 3.00 bits per heavy atom. The first kappa shape index (κ1) is 13.8. The van der Waals surface area contributed by atoms with E-state index in [9.17, 15) is 9.18 Å². The maximum absolute atomic E-state index is 13.8. The third-order valence-corrected chi connectivity index (χ3v) is 3.95. The molecule has 2 N–H and O–H groups in total. The second kappa shape index (κ2) is 5.98. The van der Waals surface area contributed by atoms with E-state index >= 15 is 0 Å². The summed E-state index contributed by atoms with van der Waals surface area (Å²) < 4.78 is 19.2. The fourth-order valence-electron chi connectivity index (χ4n) is 1.33. The van der Waals surface area contributed by atoms with Crippen molar-refractivity contribution in [3.63, 3.8) is 0 Å². The minimum absolute atomic E-state index is 0.0533. The van der Waals surface area contributed by atoms with Crippen molar-refractivity contribution in [3.8, 4) is 0 Å². The molecule has 19 heavy (non-hydrogen) atoms. The number of nitrogens with zero attached hydrogens (tertiary/aromatic N) is 2. The molecule has 0 radical (unpaired) electrons. The Morgan fingerprint density at radius 1 is 1.58 bits per heavy atom. The first-order valence-corrected chi connectivity index (χ1v) is 7.01. The summed E-state index contributed by atoms with van der Waals surface area (Å²) in [4.78, 5) is 11.9. The maximum Gasteiger partial charge on any atom is 0.340 e. The molecular weight excluding hydrogens is 289 g/mol. The highest BCUT2D eigenvalue weighted by Crippen LogP contribution is 2.33. The normalized spacial score (nSPS) is 10.4. The van der Waals surface area contributed by atoms with Gasteiger partial charge in [-0.15, -0.1) is 10.2 Å². The number of ether oxygens (including phenoxy) is 1. The number of esters is 1. The van der Waals surface area contributed by atoms with E-state index in [1.807, 2.05) is 0 Å². The third-order valence-electron chi connectivity index (χ3n) is 2.14. The van der Waals surface area contributed by atoms with Crippen molar-refractivity contribution >= 4 is 34.8 Å². The SMILES string of the molecule is CCOC(=O)c1cc(Sc2nncs2)c(F)cc1N. The van der Waals surface area contributed by atoms with Crippen LogP contribution in [0.4, 0.5) is 10.1 Å². The number of carbonyl (C=O) groups is 1. The number of aromatic nitrogens is 2. The van der Waals surface area contributed by atoms with Crippen molar-refractivity contribution in [2.75, 3.05) is 12.3 Å². The Hall–Kier alpha value is -1.67. The molecule has 1 heterocycles.